The molecule has 21 heavy (non-hydrogen) atoms. The van der Waals surface area contributed by atoms with Crippen LogP contribution in [-0.2, 0) is 4.79 Å². The van der Waals surface area contributed by atoms with E-state index in [1.165, 1.54) is 6.33 Å². The second-order valence-electron chi connectivity index (χ2n) is 4.26. The maximum absolute atomic E-state index is 10.4. The third-order valence-corrected chi connectivity index (χ3v) is 2.80. The van der Waals surface area contributed by atoms with Gasteiger partial charge in [0.15, 0.2) is 0 Å². The van der Waals surface area contributed by atoms with Gasteiger partial charge in [0.25, 0.3) is 0 Å². The number of anilines is 2. The Morgan fingerprint density at radius 2 is 1.95 bits per heavy atom. The Labute approximate surface area is 122 Å². The third kappa shape index (κ3) is 4.13. The van der Waals surface area contributed by atoms with E-state index in [0.717, 1.165) is 11.3 Å². The summed E-state index contributed by atoms with van der Waals surface area (Å²) < 4.78 is 5.41. The van der Waals surface area contributed by atoms with Gasteiger partial charge in [-0.3, -0.25) is 10.1 Å². The fourth-order valence-corrected chi connectivity index (χ4v) is 1.78. The predicted molar refractivity (Wildman–Crippen MR) is 79.2 cm³/mol. The van der Waals surface area contributed by atoms with Crippen LogP contribution in [0.4, 0.5) is 11.9 Å². The molecule has 1 unspecified atom stereocenters. The van der Waals surface area contributed by atoms with Crippen molar-refractivity contribution in [3.8, 4) is 5.75 Å². The van der Waals surface area contributed by atoms with Crippen molar-refractivity contribution >= 4 is 18.3 Å². The lowest BCUT2D eigenvalue weighted by atomic mass is 10.1. The number of hydrogen-bond acceptors (Lipinski definition) is 6. The van der Waals surface area contributed by atoms with Crippen LogP contribution < -0.4 is 15.4 Å². The standard InChI is InChI=1S/C14H17N5O2/c1-3-21-12-6-4-11(5-7-12)10(2)18-14-16-8-15-13(19-14)17-9-20/h4-10H,3H2,1-2H3,(H2,15,16,17,18,19,20). The summed E-state index contributed by atoms with van der Waals surface area (Å²) in [6, 6.07) is 7.81. The molecular weight excluding hydrogens is 270 g/mol. The van der Waals surface area contributed by atoms with Crippen molar-refractivity contribution in [3.63, 3.8) is 0 Å². The van der Waals surface area contributed by atoms with Crippen LogP contribution in [0.5, 0.6) is 5.75 Å². The second kappa shape index (κ2) is 7.18. The Bertz CT molecular complexity index is 588. The lowest BCUT2D eigenvalue weighted by Crippen LogP contribution is -2.11. The fourth-order valence-electron chi connectivity index (χ4n) is 1.78. The van der Waals surface area contributed by atoms with E-state index in [0.29, 0.717) is 19.0 Å². The zero-order valence-corrected chi connectivity index (χ0v) is 11.9. The zero-order valence-electron chi connectivity index (χ0n) is 11.9. The minimum Gasteiger partial charge on any atom is -0.494 e. The van der Waals surface area contributed by atoms with E-state index < -0.39 is 0 Å². The van der Waals surface area contributed by atoms with Gasteiger partial charge in [-0.05, 0) is 31.5 Å². The summed E-state index contributed by atoms with van der Waals surface area (Å²) in [4.78, 5) is 22.3. The summed E-state index contributed by atoms with van der Waals surface area (Å²) in [5, 5.41) is 5.53. The summed E-state index contributed by atoms with van der Waals surface area (Å²) in [5.74, 6) is 1.45. The van der Waals surface area contributed by atoms with Gasteiger partial charge in [0, 0.05) is 0 Å². The van der Waals surface area contributed by atoms with Crippen molar-refractivity contribution < 1.29 is 9.53 Å². The van der Waals surface area contributed by atoms with Gasteiger partial charge in [-0.25, -0.2) is 9.97 Å². The van der Waals surface area contributed by atoms with Gasteiger partial charge in [-0.15, -0.1) is 0 Å². The highest BCUT2D eigenvalue weighted by Crippen LogP contribution is 2.20. The van der Waals surface area contributed by atoms with Crippen molar-refractivity contribution in [2.75, 3.05) is 17.2 Å². The molecule has 0 aliphatic heterocycles. The summed E-state index contributed by atoms with van der Waals surface area (Å²) in [5.41, 5.74) is 1.07. The largest absolute Gasteiger partial charge is 0.494 e. The van der Waals surface area contributed by atoms with Crippen molar-refractivity contribution in [2.24, 2.45) is 0 Å². The molecule has 7 heteroatoms. The highest BCUT2D eigenvalue weighted by Gasteiger charge is 2.08. The van der Waals surface area contributed by atoms with Crippen LogP contribution >= 0.6 is 0 Å². The second-order valence-corrected chi connectivity index (χ2v) is 4.26. The molecule has 0 radical (unpaired) electrons. The first-order valence-corrected chi connectivity index (χ1v) is 6.61. The van der Waals surface area contributed by atoms with Gasteiger partial charge in [0.05, 0.1) is 12.6 Å². The number of carbonyl (C=O) groups excluding carboxylic acids is 1. The molecule has 0 fully saturated rings. The molecule has 0 aliphatic carbocycles. The van der Waals surface area contributed by atoms with E-state index in [1.54, 1.807) is 0 Å². The molecule has 7 nitrogen and oxygen atoms in total. The molecule has 1 aromatic heterocycles. The van der Waals surface area contributed by atoms with E-state index in [4.69, 9.17) is 4.74 Å². The number of nitrogens with zero attached hydrogens (tertiary/aromatic N) is 3. The van der Waals surface area contributed by atoms with Gasteiger partial charge in [-0.1, -0.05) is 12.1 Å². The summed E-state index contributed by atoms with van der Waals surface area (Å²) >= 11 is 0. The molecule has 0 bridgehead atoms. The SMILES string of the molecule is CCOc1ccc(C(C)Nc2ncnc(NC=O)n2)cc1. The molecule has 1 heterocycles. The number of benzene rings is 1. The number of amides is 1. The molecule has 0 aliphatic rings. The third-order valence-electron chi connectivity index (χ3n) is 2.80. The van der Waals surface area contributed by atoms with E-state index in [-0.39, 0.29) is 12.0 Å². The molecule has 1 atom stereocenters. The molecule has 0 spiro atoms. The first kappa shape index (κ1) is 14.7. The van der Waals surface area contributed by atoms with Gasteiger partial charge in [0.1, 0.15) is 12.1 Å². The molecule has 1 aromatic carbocycles. The Kier molecular flexibility index (Phi) is 5.03. The Balaban J connectivity index is 2.04. The minimum absolute atomic E-state index is 0.00663. The highest BCUT2D eigenvalue weighted by molar-refractivity contribution is 5.66. The monoisotopic (exact) mass is 287 g/mol. The highest BCUT2D eigenvalue weighted by atomic mass is 16.5. The van der Waals surface area contributed by atoms with Gasteiger partial charge >= 0.3 is 0 Å². The lowest BCUT2D eigenvalue weighted by molar-refractivity contribution is -0.105. The van der Waals surface area contributed by atoms with E-state index in [1.807, 2.05) is 38.1 Å². The number of rotatable bonds is 7. The normalized spacial score (nSPS) is 11.5. The van der Waals surface area contributed by atoms with Gasteiger partial charge in [-0.2, -0.15) is 4.98 Å². The Morgan fingerprint density at radius 3 is 2.62 bits per heavy atom. The van der Waals surface area contributed by atoms with E-state index in [2.05, 4.69) is 25.6 Å². The predicted octanol–water partition coefficient (Wildman–Crippen LogP) is 2.01. The topological polar surface area (TPSA) is 89.0 Å². The first-order valence-electron chi connectivity index (χ1n) is 6.61. The molecule has 1 amide bonds. The smallest absolute Gasteiger partial charge is 0.233 e. The fraction of sp³-hybridized carbons (Fsp3) is 0.286. The van der Waals surface area contributed by atoms with Gasteiger partial charge < -0.3 is 10.1 Å². The number of hydrogen-bond donors (Lipinski definition) is 2. The van der Waals surface area contributed by atoms with Crippen molar-refractivity contribution in [2.45, 2.75) is 19.9 Å². The van der Waals surface area contributed by atoms with E-state index >= 15 is 0 Å². The Hall–Kier alpha value is -2.70. The zero-order chi connectivity index (χ0) is 15.1. The van der Waals surface area contributed by atoms with Crippen molar-refractivity contribution in [3.05, 3.63) is 36.2 Å². The van der Waals surface area contributed by atoms with Crippen LogP contribution in [0.25, 0.3) is 0 Å². The molecule has 2 rings (SSSR count). The molecule has 0 saturated heterocycles. The van der Waals surface area contributed by atoms with Crippen LogP contribution in [0.1, 0.15) is 25.5 Å². The van der Waals surface area contributed by atoms with Crippen LogP contribution in [0.15, 0.2) is 30.6 Å². The van der Waals surface area contributed by atoms with Crippen LogP contribution in [0, 0.1) is 0 Å². The molecule has 0 saturated carbocycles. The number of nitrogens with one attached hydrogen (secondary N) is 2. The summed E-state index contributed by atoms with van der Waals surface area (Å²) in [7, 11) is 0. The first-order chi connectivity index (χ1) is 10.2. The maximum Gasteiger partial charge on any atom is 0.233 e. The quantitative estimate of drug-likeness (QED) is 0.757. The van der Waals surface area contributed by atoms with E-state index in [9.17, 15) is 4.79 Å². The summed E-state index contributed by atoms with van der Waals surface area (Å²) in [6.45, 7) is 4.58. The van der Waals surface area contributed by atoms with Crippen LogP contribution in [-0.4, -0.2) is 28.0 Å². The Morgan fingerprint density at radius 1 is 1.24 bits per heavy atom. The van der Waals surface area contributed by atoms with Crippen LogP contribution in [0.3, 0.4) is 0 Å². The molecular formula is C14H17N5O2. The van der Waals surface area contributed by atoms with Gasteiger partial charge in [0.2, 0.25) is 18.3 Å². The average Bonchev–Trinajstić information content (AvgIpc) is 2.49. The number of aromatic nitrogens is 3. The maximum atomic E-state index is 10.4. The van der Waals surface area contributed by atoms with Crippen molar-refractivity contribution in [1.29, 1.82) is 0 Å². The molecule has 2 aromatic rings. The molecule has 110 valence electrons. The number of carbonyl (C=O) groups is 1. The lowest BCUT2D eigenvalue weighted by Gasteiger charge is -2.14. The van der Waals surface area contributed by atoms with Crippen molar-refractivity contribution in [1.82, 2.24) is 15.0 Å². The summed E-state index contributed by atoms with van der Waals surface area (Å²) in [6.07, 6.45) is 1.86. The number of ether oxygens (including phenoxy) is 1. The average molecular weight is 287 g/mol. The molecule has 2 N–H and O–H groups in total. The van der Waals surface area contributed by atoms with Crippen LogP contribution in [0.2, 0.25) is 0 Å². The minimum atomic E-state index is 0.00663.